The number of rotatable bonds is 1. The zero-order valence-electron chi connectivity index (χ0n) is 6.01. The maximum atomic E-state index is 5.71. The van der Waals surface area contributed by atoms with Gasteiger partial charge >= 0.3 is 0 Å². The monoisotopic (exact) mass is 231 g/mol. The van der Waals surface area contributed by atoms with Crippen molar-refractivity contribution in [2.24, 2.45) is 0 Å². The van der Waals surface area contributed by atoms with Crippen LogP contribution in [0.2, 0.25) is 5.15 Å². The third-order valence-electron chi connectivity index (χ3n) is 1.14. The maximum absolute atomic E-state index is 5.71. The minimum Gasteiger partial charge on any atom is -0.229 e. The molecule has 3 heteroatoms. The van der Waals surface area contributed by atoms with Crippen molar-refractivity contribution in [1.29, 1.82) is 0 Å². The lowest BCUT2D eigenvalue weighted by atomic mass is 10.2. The SMILES string of the molecule is C/C=C/c1cc(Cl)nc(Br)c1. The Morgan fingerprint density at radius 1 is 1.55 bits per heavy atom. The van der Waals surface area contributed by atoms with Gasteiger partial charge in [0.15, 0.2) is 0 Å². The second kappa shape index (κ2) is 3.88. The fraction of sp³-hybridized carbons (Fsp3) is 0.125. The van der Waals surface area contributed by atoms with E-state index >= 15 is 0 Å². The van der Waals surface area contributed by atoms with Gasteiger partial charge in [0.25, 0.3) is 0 Å². The molecule has 0 fully saturated rings. The molecule has 0 saturated carbocycles. The summed E-state index contributed by atoms with van der Waals surface area (Å²) in [5, 5.41) is 0.507. The van der Waals surface area contributed by atoms with Gasteiger partial charge in [-0.25, -0.2) is 4.98 Å². The lowest BCUT2D eigenvalue weighted by Crippen LogP contribution is -1.79. The Morgan fingerprint density at radius 3 is 2.82 bits per heavy atom. The lowest BCUT2D eigenvalue weighted by Gasteiger charge is -1.95. The third-order valence-corrected chi connectivity index (χ3v) is 1.74. The molecule has 0 aromatic carbocycles. The molecule has 0 saturated heterocycles. The quantitative estimate of drug-likeness (QED) is 0.675. The van der Waals surface area contributed by atoms with Crippen LogP contribution < -0.4 is 0 Å². The fourth-order valence-electron chi connectivity index (χ4n) is 0.772. The van der Waals surface area contributed by atoms with E-state index in [2.05, 4.69) is 20.9 Å². The van der Waals surface area contributed by atoms with Gasteiger partial charge in [0.05, 0.1) is 0 Å². The van der Waals surface area contributed by atoms with Crippen molar-refractivity contribution in [3.05, 3.63) is 33.5 Å². The van der Waals surface area contributed by atoms with Gasteiger partial charge < -0.3 is 0 Å². The van der Waals surface area contributed by atoms with Crippen LogP contribution >= 0.6 is 27.5 Å². The van der Waals surface area contributed by atoms with E-state index in [4.69, 9.17) is 11.6 Å². The molecule has 58 valence electrons. The number of hydrogen-bond donors (Lipinski definition) is 0. The summed E-state index contributed by atoms with van der Waals surface area (Å²) in [5.74, 6) is 0. The van der Waals surface area contributed by atoms with E-state index in [1.165, 1.54) is 0 Å². The van der Waals surface area contributed by atoms with Crippen molar-refractivity contribution in [3.8, 4) is 0 Å². The Labute approximate surface area is 79.2 Å². The maximum Gasteiger partial charge on any atom is 0.130 e. The number of nitrogens with zero attached hydrogens (tertiary/aromatic N) is 1. The summed E-state index contributed by atoms with van der Waals surface area (Å²) in [5.41, 5.74) is 1.05. The van der Waals surface area contributed by atoms with Crippen molar-refractivity contribution in [3.63, 3.8) is 0 Å². The average molecular weight is 233 g/mol. The fourth-order valence-corrected chi connectivity index (χ4v) is 1.55. The highest BCUT2D eigenvalue weighted by Gasteiger charge is 1.94. The third kappa shape index (κ3) is 2.64. The largest absolute Gasteiger partial charge is 0.229 e. The van der Waals surface area contributed by atoms with Crippen LogP contribution in [0.1, 0.15) is 12.5 Å². The average Bonchev–Trinajstić information content (AvgIpc) is 1.85. The topological polar surface area (TPSA) is 12.9 Å². The molecule has 0 spiro atoms. The summed E-state index contributed by atoms with van der Waals surface area (Å²) in [6, 6.07) is 3.72. The molecular formula is C8H7BrClN. The minimum atomic E-state index is 0.507. The minimum absolute atomic E-state index is 0.507. The first-order valence-corrected chi connectivity index (χ1v) is 4.35. The molecule has 0 bridgehead atoms. The van der Waals surface area contributed by atoms with E-state index in [1.54, 1.807) is 0 Å². The molecule has 0 radical (unpaired) electrons. The summed E-state index contributed by atoms with van der Waals surface area (Å²) in [6.45, 7) is 1.96. The summed E-state index contributed by atoms with van der Waals surface area (Å²) < 4.78 is 0.762. The molecule has 1 aromatic heterocycles. The Bertz CT molecular complexity index is 263. The van der Waals surface area contributed by atoms with Gasteiger partial charge in [-0.05, 0) is 40.5 Å². The molecule has 0 aliphatic rings. The van der Waals surface area contributed by atoms with Crippen molar-refractivity contribution >= 4 is 33.6 Å². The first-order valence-electron chi connectivity index (χ1n) is 3.18. The molecule has 11 heavy (non-hydrogen) atoms. The standard InChI is InChI=1S/C8H7BrClN/c1-2-3-6-4-7(9)11-8(10)5-6/h2-5H,1H3/b3-2+. The number of halogens is 2. The van der Waals surface area contributed by atoms with Crippen LogP contribution in [0.15, 0.2) is 22.8 Å². The molecule has 0 unspecified atom stereocenters. The highest BCUT2D eigenvalue weighted by atomic mass is 79.9. The zero-order chi connectivity index (χ0) is 8.27. The summed E-state index contributed by atoms with van der Waals surface area (Å²) in [6.07, 6.45) is 3.93. The second-order valence-corrected chi connectivity index (χ2v) is 3.25. The van der Waals surface area contributed by atoms with E-state index in [-0.39, 0.29) is 0 Å². The molecule has 1 rings (SSSR count). The van der Waals surface area contributed by atoms with Crippen LogP contribution in [0, 0.1) is 0 Å². The van der Waals surface area contributed by atoms with E-state index in [9.17, 15) is 0 Å². The van der Waals surface area contributed by atoms with Gasteiger partial charge in [0.1, 0.15) is 9.76 Å². The molecule has 1 nitrogen and oxygen atoms in total. The molecule has 0 amide bonds. The number of pyridine rings is 1. The summed E-state index contributed by atoms with van der Waals surface area (Å²) in [4.78, 5) is 3.96. The van der Waals surface area contributed by atoms with Crippen LogP contribution in [-0.4, -0.2) is 4.98 Å². The number of allylic oxidation sites excluding steroid dienone is 1. The van der Waals surface area contributed by atoms with Crippen LogP contribution in [0.3, 0.4) is 0 Å². The summed E-state index contributed by atoms with van der Waals surface area (Å²) >= 11 is 8.96. The van der Waals surface area contributed by atoms with Gasteiger partial charge in [-0.15, -0.1) is 0 Å². The number of aromatic nitrogens is 1. The van der Waals surface area contributed by atoms with Crippen molar-refractivity contribution in [1.82, 2.24) is 4.98 Å². The Balaban J connectivity index is 3.08. The molecular weight excluding hydrogens is 225 g/mol. The van der Waals surface area contributed by atoms with E-state index in [1.807, 2.05) is 31.2 Å². The molecule has 0 aliphatic carbocycles. The van der Waals surface area contributed by atoms with Gasteiger partial charge in [0, 0.05) is 0 Å². The second-order valence-electron chi connectivity index (χ2n) is 2.05. The van der Waals surface area contributed by atoms with Gasteiger partial charge in [0.2, 0.25) is 0 Å². The van der Waals surface area contributed by atoms with Crippen molar-refractivity contribution in [2.45, 2.75) is 6.92 Å². The zero-order valence-corrected chi connectivity index (χ0v) is 8.35. The van der Waals surface area contributed by atoms with Crippen LogP contribution in [0.5, 0.6) is 0 Å². The van der Waals surface area contributed by atoms with Gasteiger partial charge in [-0.2, -0.15) is 0 Å². The van der Waals surface area contributed by atoms with Crippen molar-refractivity contribution < 1.29 is 0 Å². The van der Waals surface area contributed by atoms with Gasteiger partial charge in [-0.3, -0.25) is 0 Å². The molecule has 1 aromatic rings. The predicted octanol–water partition coefficient (Wildman–Crippen LogP) is 3.53. The first-order chi connectivity index (χ1) is 5.22. The van der Waals surface area contributed by atoms with E-state index in [0.29, 0.717) is 5.15 Å². The normalized spacial score (nSPS) is 10.8. The molecule has 1 heterocycles. The van der Waals surface area contributed by atoms with Gasteiger partial charge in [-0.1, -0.05) is 23.8 Å². The molecule has 0 atom stereocenters. The smallest absolute Gasteiger partial charge is 0.130 e. The van der Waals surface area contributed by atoms with Crippen LogP contribution in [-0.2, 0) is 0 Å². The highest BCUT2D eigenvalue weighted by Crippen LogP contribution is 2.15. The Kier molecular flexibility index (Phi) is 3.09. The molecule has 0 aliphatic heterocycles. The Morgan fingerprint density at radius 2 is 2.27 bits per heavy atom. The Hall–Kier alpha value is -0.340. The molecule has 0 N–H and O–H groups in total. The summed E-state index contributed by atoms with van der Waals surface area (Å²) in [7, 11) is 0. The first kappa shape index (κ1) is 8.75. The van der Waals surface area contributed by atoms with Crippen molar-refractivity contribution in [2.75, 3.05) is 0 Å². The highest BCUT2D eigenvalue weighted by molar-refractivity contribution is 9.10. The van der Waals surface area contributed by atoms with Crippen LogP contribution in [0.4, 0.5) is 0 Å². The van der Waals surface area contributed by atoms with E-state index < -0.39 is 0 Å². The van der Waals surface area contributed by atoms with E-state index in [0.717, 1.165) is 10.2 Å². The number of hydrogen-bond acceptors (Lipinski definition) is 1. The lowest BCUT2D eigenvalue weighted by molar-refractivity contribution is 1.27. The predicted molar refractivity (Wildman–Crippen MR) is 51.7 cm³/mol. The van der Waals surface area contributed by atoms with Crippen LogP contribution in [0.25, 0.3) is 6.08 Å².